The van der Waals surface area contributed by atoms with Crippen molar-refractivity contribution in [3.63, 3.8) is 0 Å². The Morgan fingerprint density at radius 1 is 1.08 bits per heavy atom. The molecule has 1 saturated heterocycles. The third-order valence-electron chi connectivity index (χ3n) is 4.56. The Balaban J connectivity index is 1.33. The standard InChI is InChI=1S/C18H20ClN5S2/c19-15-5-3-14(4-6-15)12-22-7-9-23(10-8-22)13-24-18(25)20-17(21-24)16-2-1-11-26-16/h1-6,11H,7-10,12-13H2,(H,20,21,25). The maximum absolute atomic E-state index is 5.96. The van der Waals surface area contributed by atoms with Gasteiger partial charge in [0.25, 0.3) is 0 Å². The molecule has 8 heteroatoms. The van der Waals surface area contributed by atoms with E-state index in [-0.39, 0.29) is 0 Å². The first-order valence-electron chi connectivity index (χ1n) is 8.57. The predicted octanol–water partition coefficient (Wildman–Crippen LogP) is 4.10. The molecule has 0 aliphatic carbocycles. The van der Waals surface area contributed by atoms with Crippen LogP contribution in [0.3, 0.4) is 0 Å². The molecule has 5 nitrogen and oxygen atoms in total. The van der Waals surface area contributed by atoms with Crippen molar-refractivity contribution in [2.75, 3.05) is 26.2 Å². The normalized spacial score (nSPS) is 16.2. The van der Waals surface area contributed by atoms with E-state index in [1.165, 1.54) is 5.56 Å². The third-order valence-corrected chi connectivity index (χ3v) is 6.00. The smallest absolute Gasteiger partial charge is 0.217 e. The highest BCUT2D eigenvalue weighted by molar-refractivity contribution is 7.71. The van der Waals surface area contributed by atoms with E-state index in [0.29, 0.717) is 4.77 Å². The van der Waals surface area contributed by atoms with Gasteiger partial charge in [-0.25, -0.2) is 4.68 Å². The van der Waals surface area contributed by atoms with Crippen LogP contribution in [0.4, 0.5) is 0 Å². The van der Waals surface area contributed by atoms with Crippen molar-refractivity contribution in [2.24, 2.45) is 0 Å². The lowest BCUT2D eigenvalue weighted by Gasteiger charge is -2.34. The number of H-pyrrole nitrogens is 1. The largest absolute Gasteiger partial charge is 0.297 e. The second kappa shape index (κ2) is 8.02. The van der Waals surface area contributed by atoms with Gasteiger partial charge in [0, 0.05) is 37.7 Å². The SMILES string of the molecule is S=c1nc(-c2cccs2)[nH]n1CN1CCN(Cc2ccc(Cl)cc2)CC1. The highest BCUT2D eigenvalue weighted by atomic mass is 35.5. The minimum Gasteiger partial charge on any atom is -0.297 e. The molecule has 1 fully saturated rings. The number of nitrogens with zero attached hydrogens (tertiary/aromatic N) is 4. The van der Waals surface area contributed by atoms with E-state index in [4.69, 9.17) is 23.8 Å². The predicted molar refractivity (Wildman–Crippen MR) is 109 cm³/mol. The van der Waals surface area contributed by atoms with Gasteiger partial charge in [-0.15, -0.1) is 11.3 Å². The zero-order valence-electron chi connectivity index (χ0n) is 14.3. The second-order valence-electron chi connectivity index (χ2n) is 6.42. The number of halogens is 1. The molecule has 0 unspecified atom stereocenters. The van der Waals surface area contributed by atoms with Crippen LogP contribution in [0, 0.1) is 4.77 Å². The first-order valence-corrected chi connectivity index (χ1v) is 10.2. The van der Waals surface area contributed by atoms with Crippen LogP contribution in [0.2, 0.25) is 5.02 Å². The van der Waals surface area contributed by atoms with Gasteiger partial charge in [-0.05, 0) is 41.4 Å². The molecule has 0 saturated carbocycles. The molecule has 1 aliphatic rings. The summed E-state index contributed by atoms with van der Waals surface area (Å²) in [6.45, 7) is 5.85. The first kappa shape index (κ1) is 17.9. The molecule has 0 atom stereocenters. The van der Waals surface area contributed by atoms with Crippen molar-refractivity contribution in [3.05, 3.63) is 57.1 Å². The molecule has 2 aromatic heterocycles. The number of thiophene rings is 1. The van der Waals surface area contributed by atoms with Gasteiger partial charge in [0.05, 0.1) is 11.5 Å². The van der Waals surface area contributed by atoms with Crippen LogP contribution in [0.5, 0.6) is 0 Å². The third kappa shape index (κ3) is 4.24. The van der Waals surface area contributed by atoms with E-state index in [2.05, 4.69) is 38.1 Å². The fraction of sp³-hybridized carbons (Fsp3) is 0.333. The number of aromatic amines is 1. The molecule has 136 valence electrons. The maximum Gasteiger partial charge on any atom is 0.217 e. The van der Waals surface area contributed by atoms with Gasteiger partial charge in [0.1, 0.15) is 0 Å². The van der Waals surface area contributed by atoms with Crippen molar-refractivity contribution in [2.45, 2.75) is 13.2 Å². The van der Waals surface area contributed by atoms with E-state index in [1.54, 1.807) is 11.3 Å². The van der Waals surface area contributed by atoms with Crippen molar-refractivity contribution >= 4 is 35.2 Å². The monoisotopic (exact) mass is 405 g/mol. The number of piperazine rings is 1. The molecule has 0 spiro atoms. The summed E-state index contributed by atoms with van der Waals surface area (Å²) in [5.41, 5.74) is 1.30. The van der Waals surface area contributed by atoms with E-state index in [1.807, 2.05) is 28.3 Å². The molecule has 0 bridgehead atoms. The summed E-state index contributed by atoms with van der Waals surface area (Å²) in [5.74, 6) is 0.853. The van der Waals surface area contributed by atoms with Crippen LogP contribution in [0.25, 0.3) is 10.7 Å². The Bertz CT molecular complexity index is 893. The Kier molecular flexibility index (Phi) is 5.52. The van der Waals surface area contributed by atoms with Gasteiger partial charge >= 0.3 is 0 Å². The van der Waals surface area contributed by atoms with Crippen molar-refractivity contribution < 1.29 is 0 Å². The van der Waals surface area contributed by atoms with Crippen molar-refractivity contribution in [1.29, 1.82) is 0 Å². The van der Waals surface area contributed by atoms with Crippen LogP contribution in [0.1, 0.15) is 5.56 Å². The van der Waals surface area contributed by atoms with E-state index in [0.717, 1.165) is 55.1 Å². The molecule has 0 amide bonds. The van der Waals surface area contributed by atoms with Gasteiger partial charge in [-0.3, -0.25) is 14.9 Å². The van der Waals surface area contributed by atoms with Gasteiger partial charge in [-0.1, -0.05) is 29.8 Å². The molecule has 4 rings (SSSR count). The van der Waals surface area contributed by atoms with Crippen molar-refractivity contribution in [3.8, 4) is 10.7 Å². The lowest BCUT2D eigenvalue weighted by Crippen LogP contribution is -2.46. The summed E-state index contributed by atoms with van der Waals surface area (Å²) < 4.78 is 2.57. The highest BCUT2D eigenvalue weighted by Crippen LogP contribution is 2.21. The molecule has 1 aromatic carbocycles. The minimum atomic E-state index is 0.608. The van der Waals surface area contributed by atoms with Gasteiger partial charge in [-0.2, -0.15) is 4.98 Å². The average molecular weight is 406 g/mol. The molecule has 3 aromatic rings. The zero-order valence-corrected chi connectivity index (χ0v) is 16.7. The molecular formula is C18H20ClN5S2. The molecule has 0 radical (unpaired) electrons. The average Bonchev–Trinajstić information content (AvgIpc) is 3.29. The van der Waals surface area contributed by atoms with Crippen LogP contribution in [-0.4, -0.2) is 50.7 Å². The molecular weight excluding hydrogens is 386 g/mol. The molecule has 26 heavy (non-hydrogen) atoms. The zero-order chi connectivity index (χ0) is 17.9. The Hall–Kier alpha value is -1.51. The molecule has 3 heterocycles. The minimum absolute atomic E-state index is 0.608. The topological polar surface area (TPSA) is 40.1 Å². The quantitative estimate of drug-likeness (QED) is 0.649. The number of hydrogen-bond acceptors (Lipinski definition) is 5. The fourth-order valence-corrected chi connectivity index (χ4v) is 4.10. The summed E-state index contributed by atoms with van der Waals surface area (Å²) >= 11 is 13.0. The first-order chi connectivity index (χ1) is 12.7. The van der Waals surface area contributed by atoms with Gasteiger partial charge < -0.3 is 0 Å². The molecule has 1 aliphatic heterocycles. The van der Waals surface area contributed by atoms with Crippen LogP contribution in [0.15, 0.2) is 41.8 Å². The number of aromatic nitrogens is 3. The highest BCUT2D eigenvalue weighted by Gasteiger charge is 2.18. The van der Waals surface area contributed by atoms with Crippen LogP contribution >= 0.6 is 35.2 Å². The summed E-state index contributed by atoms with van der Waals surface area (Å²) in [7, 11) is 0. The van der Waals surface area contributed by atoms with Crippen LogP contribution in [-0.2, 0) is 13.2 Å². The van der Waals surface area contributed by atoms with E-state index >= 15 is 0 Å². The van der Waals surface area contributed by atoms with Crippen LogP contribution < -0.4 is 0 Å². The second-order valence-corrected chi connectivity index (χ2v) is 8.17. The number of rotatable bonds is 5. The summed E-state index contributed by atoms with van der Waals surface area (Å²) in [6, 6.07) is 12.2. The summed E-state index contributed by atoms with van der Waals surface area (Å²) in [4.78, 5) is 10.5. The lowest BCUT2D eigenvalue weighted by molar-refractivity contribution is 0.0982. The summed E-state index contributed by atoms with van der Waals surface area (Å²) in [6.07, 6.45) is 0. The van der Waals surface area contributed by atoms with Crippen molar-refractivity contribution in [1.82, 2.24) is 24.6 Å². The van der Waals surface area contributed by atoms with Gasteiger partial charge in [0.2, 0.25) is 4.77 Å². The van der Waals surface area contributed by atoms with Gasteiger partial charge in [0.15, 0.2) is 5.82 Å². The Morgan fingerprint density at radius 2 is 1.81 bits per heavy atom. The fourth-order valence-electron chi connectivity index (χ4n) is 3.11. The number of benzene rings is 1. The maximum atomic E-state index is 5.96. The number of hydrogen-bond donors (Lipinski definition) is 1. The Morgan fingerprint density at radius 3 is 2.50 bits per heavy atom. The van der Waals surface area contributed by atoms with E-state index in [9.17, 15) is 0 Å². The lowest BCUT2D eigenvalue weighted by atomic mass is 10.2. The van der Waals surface area contributed by atoms with E-state index < -0.39 is 0 Å². The molecule has 1 N–H and O–H groups in total. The Labute approximate surface area is 166 Å². The number of nitrogens with one attached hydrogen (secondary N) is 1. The summed E-state index contributed by atoms with van der Waals surface area (Å²) in [5, 5.41) is 6.17.